The summed E-state index contributed by atoms with van der Waals surface area (Å²) in [5.74, 6) is -0.682. The Bertz CT molecular complexity index is 452. The number of anilines is 2. The van der Waals surface area contributed by atoms with Crippen LogP contribution in [0.5, 0.6) is 0 Å². The second-order valence-corrected chi connectivity index (χ2v) is 4.67. The van der Waals surface area contributed by atoms with Crippen LogP contribution in [-0.4, -0.2) is 30.9 Å². The number of carbonyl (C=O) groups is 1. The first-order chi connectivity index (χ1) is 8.83. The second-order valence-electron chi connectivity index (χ2n) is 3.51. The van der Waals surface area contributed by atoms with E-state index in [9.17, 15) is 18.0 Å². The predicted molar refractivity (Wildman–Crippen MR) is 69.2 cm³/mol. The van der Waals surface area contributed by atoms with Crippen LogP contribution >= 0.6 is 11.8 Å². The number of alkyl halides is 3. The van der Waals surface area contributed by atoms with Crippen molar-refractivity contribution in [2.75, 3.05) is 30.5 Å². The predicted octanol–water partition coefficient (Wildman–Crippen LogP) is 2.72. The van der Waals surface area contributed by atoms with Crippen molar-refractivity contribution in [2.24, 2.45) is 0 Å². The van der Waals surface area contributed by atoms with Crippen LogP contribution in [0.3, 0.4) is 0 Å². The first-order valence-corrected chi connectivity index (χ1v) is 6.24. The second kappa shape index (κ2) is 6.55. The molecular formula is C11H13F3N2O2S. The van der Waals surface area contributed by atoms with Crippen LogP contribution in [0.2, 0.25) is 0 Å². The number of hydrogen-bond donors (Lipinski definition) is 2. The maximum Gasteiger partial charge on any atom is 0.441 e. The Morgan fingerprint density at radius 1 is 1.47 bits per heavy atom. The first kappa shape index (κ1) is 15.5. The van der Waals surface area contributed by atoms with Crippen molar-refractivity contribution >= 4 is 29.1 Å². The quantitative estimate of drug-likeness (QED) is 0.496. The van der Waals surface area contributed by atoms with E-state index in [-0.39, 0.29) is 29.6 Å². The molecule has 0 heterocycles. The number of thioether (sulfide) groups is 1. The van der Waals surface area contributed by atoms with E-state index in [1.165, 1.54) is 25.3 Å². The van der Waals surface area contributed by atoms with E-state index < -0.39 is 11.5 Å². The summed E-state index contributed by atoms with van der Waals surface area (Å²) in [7, 11) is 1.24. The van der Waals surface area contributed by atoms with Crippen LogP contribution in [-0.2, 0) is 4.74 Å². The third-order valence-corrected chi connectivity index (χ3v) is 2.89. The van der Waals surface area contributed by atoms with Gasteiger partial charge in [-0.25, -0.2) is 4.79 Å². The highest BCUT2D eigenvalue weighted by Crippen LogP contribution is 2.30. The number of nitrogens with one attached hydrogen (secondary N) is 1. The van der Waals surface area contributed by atoms with Crippen LogP contribution in [0.1, 0.15) is 10.4 Å². The van der Waals surface area contributed by atoms with Gasteiger partial charge in [-0.05, 0) is 30.0 Å². The lowest BCUT2D eigenvalue weighted by molar-refractivity contribution is -0.0327. The zero-order chi connectivity index (χ0) is 14.5. The average molecular weight is 294 g/mol. The van der Waals surface area contributed by atoms with E-state index in [0.29, 0.717) is 11.4 Å². The Morgan fingerprint density at radius 3 is 2.74 bits per heavy atom. The Labute approximate surface area is 112 Å². The zero-order valence-corrected chi connectivity index (χ0v) is 10.9. The van der Waals surface area contributed by atoms with Crippen molar-refractivity contribution in [3.05, 3.63) is 23.8 Å². The van der Waals surface area contributed by atoms with E-state index in [1.54, 1.807) is 0 Å². The summed E-state index contributed by atoms with van der Waals surface area (Å²) in [6, 6.07) is 4.42. The van der Waals surface area contributed by atoms with Crippen molar-refractivity contribution < 1.29 is 22.7 Å². The molecule has 0 spiro atoms. The van der Waals surface area contributed by atoms with E-state index >= 15 is 0 Å². The topological polar surface area (TPSA) is 64.3 Å². The number of methoxy groups -OCH3 is 1. The average Bonchev–Trinajstić information content (AvgIpc) is 2.34. The smallest absolute Gasteiger partial charge is 0.441 e. The minimum Gasteiger partial charge on any atom is -0.465 e. The summed E-state index contributed by atoms with van der Waals surface area (Å²) in [5, 5.41) is 2.75. The molecule has 0 radical (unpaired) electrons. The fraction of sp³-hybridized carbons (Fsp3) is 0.364. The summed E-state index contributed by atoms with van der Waals surface area (Å²) in [5.41, 5.74) is 2.45. The van der Waals surface area contributed by atoms with Gasteiger partial charge in [-0.3, -0.25) is 0 Å². The normalized spacial score (nSPS) is 11.2. The van der Waals surface area contributed by atoms with Gasteiger partial charge >= 0.3 is 11.5 Å². The number of benzene rings is 1. The Morgan fingerprint density at radius 2 is 2.16 bits per heavy atom. The molecule has 0 saturated carbocycles. The van der Waals surface area contributed by atoms with E-state index in [1.807, 2.05) is 0 Å². The number of ether oxygens (including phenoxy) is 1. The molecule has 106 valence electrons. The number of carbonyl (C=O) groups excluding carboxylic acids is 1. The van der Waals surface area contributed by atoms with Gasteiger partial charge in [0.25, 0.3) is 0 Å². The van der Waals surface area contributed by atoms with Gasteiger partial charge in [-0.15, -0.1) is 0 Å². The molecule has 8 heteroatoms. The van der Waals surface area contributed by atoms with Crippen molar-refractivity contribution in [2.45, 2.75) is 5.51 Å². The van der Waals surface area contributed by atoms with Gasteiger partial charge in [0, 0.05) is 12.3 Å². The van der Waals surface area contributed by atoms with Gasteiger partial charge in [0.05, 0.1) is 24.0 Å². The molecule has 0 aliphatic carbocycles. The van der Waals surface area contributed by atoms with Crippen LogP contribution in [0.4, 0.5) is 24.5 Å². The van der Waals surface area contributed by atoms with Crippen LogP contribution in [0, 0.1) is 0 Å². The third kappa shape index (κ3) is 5.29. The summed E-state index contributed by atoms with van der Waals surface area (Å²) < 4.78 is 40.3. The summed E-state index contributed by atoms with van der Waals surface area (Å²) in [6.45, 7) is 0.0823. The van der Waals surface area contributed by atoms with Crippen LogP contribution < -0.4 is 11.1 Å². The molecule has 0 amide bonds. The molecule has 0 unspecified atom stereocenters. The van der Waals surface area contributed by atoms with Gasteiger partial charge in [-0.2, -0.15) is 13.2 Å². The molecule has 1 aromatic carbocycles. The standard InChI is InChI=1S/C11H13F3N2O2S/c1-18-10(17)7-2-3-8(15)9(6-7)16-4-5-19-11(12,13)14/h2-3,6,16H,4-5,15H2,1H3. The third-order valence-electron chi connectivity index (χ3n) is 2.16. The minimum atomic E-state index is -4.25. The highest BCUT2D eigenvalue weighted by Gasteiger charge is 2.27. The molecule has 0 saturated heterocycles. The van der Waals surface area contributed by atoms with Gasteiger partial charge < -0.3 is 15.8 Å². The lowest BCUT2D eigenvalue weighted by Crippen LogP contribution is -2.11. The lowest BCUT2D eigenvalue weighted by atomic mass is 10.1. The monoisotopic (exact) mass is 294 g/mol. The maximum absolute atomic E-state index is 11.9. The molecule has 0 aliphatic rings. The van der Waals surface area contributed by atoms with E-state index in [4.69, 9.17) is 5.73 Å². The van der Waals surface area contributed by atoms with E-state index in [0.717, 1.165) is 0 Å². The molecule has 0 aromatic heterocycles. The Balaban J connectivity index is 2.60. The van der Waals surface area contributed by atoms with E-state index in [2.05, 4.69) is 10.1 Å². The number of hydrogen-bond acceptors (Lipinski definition) is 5. The van der Waals surface area contributed by atoms with Crippen LogP contribution in [0.25, 0.3) is 0 Å². The zero-order valence-electron chi connectivity index (χ0n) is 10.1. The summed E-state index contributed by atoms with van der Waals surface area (Å²) in [4.78, 5) is 11.3. The van der Waals surface area contributed by atoms with Gasteiger partial charge in [0.15, 0.2) is 0 Å². The highest BCUT2D eigenvalue weighted by atomic mass is 32.2. The van der Waals surface area contributed by atoms with Gasteiger partial charge in [-0.1, -0.05) is 0 Å². The van der Waals surface area contributed by atoms with Crippen LogP contribution in [0.15, 0.2) is 18.2 Å². The number of esters is 1. The number of rotatable bonds is 5. The van der Waals surface area contributed by atoms with Crippen molar-refractivity contribution in [1.29, 1.82) is 0 Å². The minimum absolute atomic E-state index is 0.0823. The van der Waals surface area contributed by atoms with Crippen molar-refractivity contribution in [3.63, 3.8) is 0 Å². The maximum atomic E-state index is 11.9. The molecule has 19 heavy (non-hydrogen) atoms. The SMILES string of the molecule is COC(=O)c1ccc(N)c(NCCSC(F)(F)F)c1. The number of halogens is 3. The van der Waals surface area contributed by atoms with Gasteiger partial charge in [0.1, 0.15) is 0 Å². The fourth-order valence-electron chi connectivity index (χ4n) is 1.31. The van der Waals surface area contributed by atoms with Gasteiger partial charge in [0.2, 0.25) is 0 Å². The molecular weight excluding hydrogens is 281 g/mol. The molecule has 0 fully saturated rings. The molecule has 1 rings (SSSR count). The summed E-state index contributed by atoms with van der Waals surface area (Å²) in [6.07, 6.45) is 0. The Kier molecular flexibility index (Phi) is 5.34. The lowest BCUT2D eigenvalue weighted by Gasteiger charge is -2.11. The van der Waals surface area contributed by atoms with Crippen molar-refractivity contribution in [3.8, 4) is 0 Å². The molecule has 0 bridgehead atoms. The molecule has 3 N–H and O–H groups in total. The summed E-state index contributed by atoms with van der Waals surface area (Å²) >= 11 is -0.121. The molecule has 0 atom stereocenters. The van der Waals surface area contributed by atoms with Crippen molar-refractivity contribution in [1.82, 2.24) is 0 Å². The number of nitrogens with two attached hydrogens (primary N) is 1. The molecule has 1 aromatic rings. The largest absolute Gasteiger partial charge is 0.465 e. The number of nitrogen functional groups attached to an aromatic ring is 1. The fourth-order valence-corrected chi connectivity index (χ4v) is 1.74. The Hall–Kier alpha value is -1.57. The molecule has 0 aliphatic heterocycles. The molecule has 4 nitrogen and oxygen atoms in total. The first-order valence-electron chi connectivity index (χ1n) is 5.26. The highest BCUT2D eigenvalue weighted by molar-refractivity contribution is 8.00.